The first-order valence-corrected chi connectivity index (χ1v) is 11.7. The Kier molecular flexibility index (Phi) is 5.12. The van der Waals surface area contributed by atoms with Crippen LogP contribution in [0.5, 0.6) is 0 Å². The number of likely N-dealkylation sites (tertiary alicyclic amines) is 2. The summed E-state index contributed by atoms with van der Waals surface area (Å²) in [7, 11) is 2.20. The van der Waals surface area contributed by atoms with Crippen molar-refractivity contribution in [2.75, 3.05) is 38.5 Å². The third kappa shape index (κ3) is 3.70. The molecule has 1 N–H and O–H groups in total. The van der Waals surface area contributed by atoms with E-state index in [2.05, 4.69) is 37.1 Å². The number of imidazole rings is 1. The largest absolute Gasteiger partial charge is 0.353 e. The van der Waals surface area contributed by atoms with Crippen molar-refractivity contribution in [2.45, 2.75) is 43.6 Å². The maximum Gasteiger partial charge on any atom is 0.256 e. The molecule has 3 fully saturated rings. The van der Waals surface area contributed by atoms with Crippen LogP contribution in [0.2, 0.25) is 0 Å². The number of aromatic nitrogens is 4. The molecule has 9 nitrogen and oxygen atoms in total. The zero-order chi connectivity index (χ0) is 22.4. The summed E-state index contributed by atoms with van der Waals surface area (Å²) in [5.41, 5.74) is 2.20. The summed E-state index contributed by atoms with van der Waals surface area (Å²) < 4.78 is 8.45. The van der Waals surface area contributed by atoms with Gasteiger partial charge in [-0.25, -0.2) is 15.0 Å². The van der Waals surface area contributed by atoms with Crippen LogP contribution in [0.1, 0.15) is 42.3 Å². The van der Waals surface area contributed by atoms with Gasteiger partial charge in [0.05, 0.1) is 12.4 Å². The standard InChI is InChI=1S/C24H29N7O2/c1-29-13-24(14-29)10-5-11-30(24)12-18-8-9-19(33-18)31-16-27-20-21(25-15-26-22(20)31)28-23(32)17-6-3-2-4-7-17/h2-4,6-7,15-16,18-19H,5,8-14H2,1H3,(H,25,26,28,32). The Morgan fingerprint density at radius 2 is 2.03 bits per heavy atom. The molecule has 5 heterocycles. The van der Waals surface area contributed by atoms with E-state index < -0.39 is 0 Å². The highest BCUT2D eigenvalue weighted by Gasteiger charge is 2.49. The number of benzene rings is 1. The number of nitrogens with zero attached hydrogens (tertiary/aromatic N) is 6. The first kappa shape index (κ1) is 20.7. The van der Waals surface area contributed by atoms with E-state index in [9.17, 15) is 4.79 Å². The van der Waals surface area contributed by atoms with Crippen LogP contribution in [-0.4, -0.2) is 80.1 Å². The molecule has 1 amide bonds. The summed E-state index contributed by atoms with van der Waals surface area (Å²) in [5, 5.41) is 2.87. The van der Waals surface area contributed by atoms with Crippen LogP contribution in [0.3, 0.4) is 0 Å². The van der Waals surface area contributed by atoms with Gasteiger partial charge in [0.2, 0.25) is 0 Å². The highest BCUT2D eigenvalue weighted by Crippen LogP contribution is 2.39. The van der Waals surface area contributed by atoms with E-state index in [4.69, 9.17) is 4.74 Å². The fraction of sp³-hybridized carbons (Fsp3) is 0.500. The second-order valence-electron chi connectivity index (χ2n) is 9.60. The molecule has 9 heteroatoms. The Balaban J connectivity index is 1.16. The molecule has 2 unspecified atom stereocenters. The number of rotatable bonds is 5. The third-order valence-corrected chi connectivity index (χ3v) is 7.32. The van der Waals surface area contributed by atoms with Gasteiger partial charge in [0, 0.05) is 30.7 Å². The van der Waals surface area contributed by atoms with Gasteiger partial charge >= 0.3 is 0 Å². The topological polar surface area (TPSA) is 88.4 Å². The quantitative estimate of drug-likeness (QED) is 0.643. The van der Waals surface area contributed by atoms with Crippen LogP contribution >= 0.6 is 0 Å². The van der Waals surface area contributed by atoms with Crippen molar-refractivity contribution < 1.29 is 9.53 Å². The number of carbonyl (C=O) groups excluding carboxylic acids is 1. The first-order chi connectivity index (χ1) is 16.1. The van der Waals surface area contributed by atoms with Crippen molar-refractivity contribution in [3.63, 3.8) is 0 Å². The lowest BCUT2D eigenvalue weighted by molar-refractivity contribution is -0.0584. The Labute approximate surface area is 192 Å². The number of carbonyl (C=O) groups is 1. The fourth-order valence-corrected chi connectivity index (χ4v) is 5.79. The number of anilines is 1. The number of amides is 1. The van der Waals surface area contributed by atoms with Gasteiger partial charge in [-0.15, -0.1) is 0 Å². The van der Waals surface area contributed by atoms with Crippen LogP contribution in [0, 0.1) is 0 Å². The van der Waals surface area contributed by atoms with Crippen LogP contribution < -0.4 is 5.32 Å². The molecule has 172 valence electrons. The maximum atomic E-state index is 12.6. The molecule has 33 heavy (non-hydrogen) atoms. The first-order valence-electron chi connectivity index (χ1n) is 11.7. The number of hydrogen-bond acceptors (Lipinski definition) is 7. The van der Waals surface area contributed by atoms with Gasteiger partial charge in [0.1, 0.15) is 12.6 Å². The number of nitrogens with one attached hydrogen (secondary N) is 1. The van der Waals surface area contributed by atoms with E-state index in [0.717, 1.165) is 19.4 Å². The lowest BCUT2D eigenvalue weighted by atomic mass is 9.87. The fourth-order valence-electron chi connectivity index (χ4n) is 5.79. The lowest BCUT2D eigenvalue weighted by Crippen LogP contribution is -2.67. The average molecular weight is 448 g/mol. The molecule has 0 bridgehead atoms. The second-order valence-corrected chi connectivity index (χ2v) is 9.60. The van der Waals surface area contributed by atoms with Crippen LogP contribution in [0.4, 0.5) is 5.82 Å². The van der Waals surface area contributed by atoms with E-state index in [1.165, 1.54) is 38.8 Å². The molecule has 3 aliphatic rings. The van der Waals surface area contributed by atoms with Crippen LogP contribution in [0.25, 0.3) is 11.2 Å². The van der Waals surface area contributed by atoms with Gasteiger partial charge in [-0.2, -0.15) is 0 Å². The number of ether oxygens (including phenoxy) is 1. The molecule has 3 saturated heterocycles. The predicted molar refractivity (Wildman–Crippen MR) is 124 cm³/mol. The van der Waals surface area contributed by atoms with Crippen molar-refractivity contribution in [2.24, 2.45) is 0 Å². The van der Waals surface area contributed by atoms with Crippen molar-refractivity contribution in [3.05, 3.63) is 48.5 Å². The van der Waals surface area contributed by atoms with Gasteiger partial charge in [0.15, 0.2) is 17.0 Å². The smallest absolute Gasteiger partial charge is 0.256 e. The molecule has 0 radical (unpaired) electrons. The Morgan fingerprint density at radius 3 is 2.85 bits per heavy atom. The zero-order valence-electron chi connectivity index (χ0n) is 18.9. The SMILES string of the molecule is CN1CC2(CCCN2CC2CCC(n3cnc4c(NC(=O)c5ccccc5)ncnc43)O2)C1. The number of likely N-dealkylation sites (N-methyl/N-ethyl adjacent to an activating group) is 1. The Morgan fingerprint density at radius 1 is 1.18 bits per heavy atom. The molecule has 2 aromatic heterocycles. The monoisotopic (exact) mass is 447 g/mol. The summed E-state index contributed by atoms with van der Waals surface area (Å²) in [6, 6.07) is 9.08. The maximum absolute atomic E-state index is 12.6. The molecule has 0 aliphatic carbocycles. The number of fused-ring (bicyclic) bond motifs is 1. The molecule has 1 spiro atoms. The molecular weight excluding hydrogens is 418 g/mol. The molecule has 2 atom stereocenters. The van der Waals surface area contributed by atoms with E-state index >= 15 is 0 Å². The molecule has 6 rings (SSSR count). The summed E-state index contributed by atoms with van der Waals surface area (Å²) in [6.45, 7) is 4.50. The summed E-state index contributed by atoms with van der Waals surface area (Å²) in [4.78, 5) is 30.9. The van der Waals surface area contributed by atoms with Gasteiger partial charge in [-0.3, -0.25) is 14.3 Å². The van der Waals surface area contributed by atoms with E-state index in [-0.39, 0.29) is 18.2 Å². The summed E-state index contributed by atoms with van der Waals surface area (Å²) in [5.74, 6) is 0.193. The minimum absolute atomic E-state index is 0.102. The van der Waals surface area contributed by atoms with Gasteiger partial charge in [0.25, 0.3) is 5.91 Å². The normalized spacial score (nSPS) is 25.0. The summed E-state index contributed by atoms with van der Waals surface area (Å²) >= 11 is 0. The summed E-state index contributed by atoms with van der Waals surface area (Å²) in [6.07, 6.45) is 7.86. The van der Waals surface area contributed by atoms with Gasteiger partial charge in [-0.05, 0) is 51.4 Å². The van der Waals surface area contributed by atoms with Gasteiger partial charge in [-0.1, -0.05) is 18.2 Å². The van der Waals surface area contributed by atoms with E-state index in [0.29, 0.717) is 28.1 Å². The molecule has 0 saturated carbocycles. The molecule has 1 aromatic carbocycles. The van der Waals surface area contributed by atoms with E-state index in [1.54, 1.807) is 18.5 Å². The number of hydrogen-bond donors (Lipinski definition) is 1. The van der Waals surface area contributed by atoms with Crippen LogP contribution in [0.15, 0.2) is 43.0 Å². The zero-order valence-corrected chi connectivity index (χ0v) is 18.9. The highest BCUT2D eigenvalue weighted by atomic mass is 16.5. The van der Waals surface area contributed by atoms with Crippen molar-refractivity contribution in [1.29, 1.82) is 0 Å². The Bertz CT molecular complexity index is 1160. The van der Waals surface area contributed by atoms with E-state index in [1.807, 2.05) is 22.8 Å². The molecule has 3 aromatic rings. The van der Waals surface area contributed by atoms with Gasteiger partial charge < -0.3 is 15.0 Å². The minimum atomic E-state index is -0.219. The predicted octanol–water partition coefficient (Wildman–Crippen LogP) is 2.54. The second kappa shape index (κ2) is 8.16. The Hall–Kier alpha value is -2.88. The molecular formula is C24H29N7O2. The van der Waals surface area contributed by atoms with Crippen LogP contribution in [-0.2, 0) is 4.74 Å². The minimum Gasteiger partial charge on any atom is -0.353 e. The van der Waals surface area contributed by atoms with Crippen molar-refractivity contribution in [3.8, 4) is 0 Å². The highest BCUT2D eigenvalue weighted by molar-refractivity contribution is 6.06. The lowest BCUT2D eigenvalue weighted by Gasteiger charge is -2.52. The van der Waals surface area contributed by atoms with Crippen molar-refractivity contribution >= 4 is 22.9 Å². The third-order valence-electron chi connectivity index (χ3n) is 7.32. The average Bonchev–Trinajstić information content (AvgIpc) is 3.54. The molecule has 3 aliphatic heterocycles. The van der Waals surface area contributed by atoms with Crippen molar-refractivity contribution in [1.82, 2.24) is 29.3 Å².